The minimum absolute atomic E-state index is 0.0278. The SMILES string of the molecule is CCOC(=O)Cn1cc(NC(=O)CCc2cccc(C)c2)nn1. The Morgan fingerprint density at radius 2 is 2.17 bits per heavy atom. The van der Waals surface area contributed by atoms with E-state index in [0.717, 1.165) is 5.56 Å². The molecule has 1 aromatic carbocycles. The van der Waals surface area contributed by atoms with Crippen LogP contribution in [0.2, 0.25) is 0 Å². The molecule has 1 heterocycles. The molecule has 0 saturated carbocycles. The van der Waals surface area contributed by atoms with Crippen molar-refractivity contribution in [1.29, 1.82) is 0 Å². The summed E-state index contributed by atoms with van der Waals surface area (Å²) in [7, 11) is 0. The maximum atomic E-state index is 11.9. The van der Waals surface area contributed by atoms with E-state index in [1.807, 2.05) is 25.1 Å². The molecule has 0 aliphatic carbocycles. The molecule has 0 atom stereocenters. The van der Waals surface area contributed by atoms with Crippen LogP contribution in [0.25, 0.3) is 0 Å². The predicted molar refractivity (Wildman–Crippen MR) is 84.8 cm³/mol. The second-order valence-electron chi connectivity index (χ2n) is 5.14. The normalized spacial score (nSPS) is 10.3. The van der Waals surface area contributed by atoms with E-state index in [0.29, 0.717) is 25.3 Å². The molecular weight excluding hydrogens is 296 g/mol. The van der Waals surface area contributed by atoms with E-state index in [9.17, 15) is 9.59 Å². The highest BCUT2D eigenvalue weighted by molar-refractivity contribution is 5.89. The number of benzene rings is 1. The summed E-state index contributed by atoms with van der Waals surface area (Å²) in [4.78, 5) is 23.3. The zero-order chi connectivity index (χ0) is 16.7. The third-order valence-corrected chi connectivity index (χ3v) is 3.13. The Morgan fingerprint density at radius 3 is 2.91 bits per heavy atom. The summed E-state index contributed by atoms with van der Waals surface area (Å²) in [6.07, 6.45) is 2.51. The standard InChI is InChI=1S/C16H20N4O3/c1-3-23-16(22)11-20-10-14(18-19-20)17-15(21)8-7-13-6-4-5-12(2)9-13/h4-6,9-10H,3,7-8,11H2,1-2H3,(H,17,21). The summed E-state index contributed by atoms with van der Waals surface area (Å²) in [6, 6.07) is 8.05. The summed E-state index contributed by atoms with van der Waals surface area (Å²) < 4.78 is 6.15. The Balaban J connectivity index is 1.81. The largest absolute Gasteiger partial charge is 0.465 e. The second-order valence-corrected chi connectivity index (χ2v) is 5.14. The van der Waals surface area contributed by atoms with Crippen LogP contribution in [0, 0.1) is 6.92 Å². The van der Waals surface area contributed by atoms with Gasteiger partial charge in [0.05, 0.1) is 12.8 Å². The number of hydrogen-bond acceptors (Lipinski definition) is 5. The van der Waals surface area contributed by atoms with Crippen LogP contribution in [-0.4, -0.2) is 33.5 Å². The van der Waals surface area contributed by atoms with Gasteiger partial charge in [0.15, 0.2) is 5.82 Å². The van der Waals surface area contributed by atoms with Gasteiger partial charge < -0.3 is 10.1 Å². The molecule has 0 aliphatic rings. The minimum Gasteiger partial charge on any atom is -0.465 e. The highest BCUT2D eigenvalue weighted by Crippen LogP contribution is 2.08. The zero-order valence-corrected chi connectivity index (χ0v) is 13.3. The molecule has 0 spiro atoms. The quantitative estimate of drug-likeness (QED) is 0.786. The van der Waals surface area contributed by atoms with Crippen molar-refractivity contribution in [3.63, 3.8) is 0 Å². The van der Waals surface area contributed by atoms with E-state index in [-0.39, 0.29) is 12.5 Å². The third-order valence-electron chi connectivity index (χ3n) is 3.13. The first-order chi connectivity index (χ1) is 11.1. The van der Waals surface area contributed by atoms with Crippen molar-refractivity contribution in [2.75, 3.05) is 11.9 Å². The van der Waals surface area contributed by atoms with Crippen molar-refractivity contribution in [1.82, 2.24) is 15.0 Å². The van der Waals surface area contributed by atoms with Gasteiger partial charge in [-0.15, -0.1) is 5.10 Å². The smallest absolute Gasteiger partial charge is 0.327 e. The molecule has 0 fully saturated rings. The lowest BCUT2D eigenvalue weighted by molar-refractivity contribution is -0.144. The van der Waals surface area contributed by atoms with Crippen molar-refractivity contribution in [2.45, 2.75) is 33.2 Å². The number of carbonyl (C=O) groups excluding carboxylic acids is 2. The van der Waals surface area contributed by atoms with Gasteiger partial charge in [0, 0.05) is 6.42 Å². The number of anilines is 1. The van der Waals surface area contributed by atoms with Crippen LogP contribution in [0.15, 0.2) is 30.5 Å². The number of aryl methyl sites for hydroxylation is 2. The topological polar surface area (TPSA) is 86.1 Å². The average Bonchev–Trinajstić information content (AvgIpc) is 2.92. The Bertz CT molecular complexity index is 681. The first-order valence-electron chi connectivity index (χ1n) is 7.48. The molecule has 0 saturated heterocycles. The molecule has 7 heteroatoms. The van der Waals surface area contributed by atoms with Gasteiger partial charge in [0.25, 0.3) is 0 Å². The Morgan fingerprint density at radius 1 is 1.35 bits per heavy atom. The van der Waals surface area contributed by atoms with Crippen LogP contribution in [0.5, 0.6) is 0 Å². The molecule has 2 aromatic rings. The van der Waals surface area contributed by atoms with E-state index < -0.39 is 5.97 Å². The van der Waals surface area contributed by atoms with Crippen molar-refractivity contribution in [3.8, 4) is 0 Å². The van der Waals surface area contributed by atoms with E-state index in [2.05, 4.69) is 21.7 Å². The number of nitrogens with one attached hydrogen (secondary N) is 1. The van der Waals surface area contributed by atoms with Crippen LogP contribution in [0.4, 0.5) is 5.82 Å². The number of rotatable bonds is 7. The van der Waals surface area contributed by atoms with E-state index in [1.165, 1.54) is 16.4 Å². The van der Waals surface area contributed by atoms with Gasteiger partial charge in [-0.05, 0) is 25.8 Å². The monoisotopic (exact) mass is 316 g/mol. The lowest BCUT2D eigenvalue weighted by Gasteiger charge is -2.03. The van der Waals surface area contributed by atoms with Crippen LogP contribution in [0.1, 0.15) is 24.5 Å². The van der Waals surface area contributed by atoms with Gasteiger partial charge in [-0.25, -0.2) is 4.68 Å². The molecule has 0 unspecified atom stereocenters. The lowest BCUT2D eigenvalue weighted by atomic mass is 10.1. The fourth-order valence-corrected chi connectivity index (χ4v) is 2.10. The molecule has 122 valence electrons. The summed E-state index contributed by atoms with van der Waals surface area (Å²) >= 11 is 0. The van der Waals surface area contributed by atoms with E-state index >= 15 is 0 Å². The molecule has 0 bridgehead atoms. The number of nitrogens with zero attached hydrogens (tertiary/aromatic N) is 3. The fraction of sp³-hybridized carbons (Fsp3) is 0.375. The van der Waals surface area contributed by atoms with Crippen LogP contribution in [-0.2, 0) is 27.3 Å². The number of hydrogen-bond donors (Lipinski definition) is 1. The first kappa shape index (κ1) is 16.7. The van der Waals surface area contributed by atoms with Gasteiger partial charge in [-0.1, -0.05) is 35.0 Å². The molecule has 1 aromatic heterocycles. The highest BCUT2D eigenvalue weighted by Gasteiger charge is 2.09. The Labute approximate surface area is 134 Å². The number of esters is 1. The summed E-state index contributed by atoms with van der Waals surface area (Å²) in [5, 5.41) is 10.3. The van der Waals surface area contributed by atoms with E-state index in [4.69, 9.17) is 4.74 Å². The van der Waals surface area contributed by atoms with Gasteiger partial charge in [0.2, 0.25) is 5.91 Å². The predicted octanol–water partition coefficient (Wildman–Crippen LogP) is 1.72. The number of amides is 1. The third kappa shape index (κ3) is 5.54. The maximum absolute atomic E-state index is 11.9. The number of aromatic nitrogens is 3. The average molecular weight is 316 g/mol. The van der Waals surface area contributed by atoms with Crippen molar-refractivity contribution in [3.05, 3.63) is 41.6 Å². The molecule has 2 rings (SSSR count). The molecular formula is C16H20N4O3. The zero-order valence-electron chi connectivity index (χ0n) is 13.3. The molecule has 1 N–H and O–H groups in total. The van der Waals surface area contributed by atoms with Crippen molar-refractivity contribution < 1.29 is 14.3 Å². The molecule has 1 amide bonds. The van der Waals surface area contributed by atoms with Gasteiger partial charge in [-0.3, -0.25) is 9.59 Å². The van der Waals surface area contributed by atoms with Crippen molar-refractivity contribution >= 4 is 17.7 Å². The fourth-order valence-electron chi connectivity index (χ4n) is 2.10. The molecule has 0 radical (unpaired) electrons. The summed E-state index contributed by atoms with van der Waals surface area (Å²) in [6.45, 7) is 4.04. The van der Waals surface area contributed by atoms with Crippen LogP contribution >= 0.6 is 0 Å². The molecule has 7 nitrogen and oxygen atoms in total. The van der Waals surface area contributed by atoms with Gasteiger partial charge in [0.1, 0.15) is 6.54 Å². The van der Waals surface area contributed by atoms with Crippen LogP contribution in [0.3, 0.4) is 0 Å². The lowest BCUT2D eigenvalue weighted by Crippen LogP contribution is -2.14. The molecule has 23 heavy (non-hydrogen) atoms. The molecule has 0 aliphatic heterocycles. The number of ether oxygens (including phenoxy) is 1. The summed E-state index contributed by atoms with van der Waals surface area (Å²) in [5.41, 5.74) is 2.29. The minimum atomic E-state index is -0.394. The highest BCUT2D eigenvalue weighted by atomic mass is 16.5. The summed E-state index contributed by atoms with van der Waals surface area (Å²) in [5.74, 6) is -0.215. The number of carbonyl (C=O) groups is 2. The Kier molecular flexibility index (Phi) is 5.85. The first-order valence-corrected chi connectivity index (χ1v) is 7.48. The second kappa shape index (κ2) is 8.07. The van der Waals surface area contributed by atoms with Crippen molar-refractivity contribution in [2.24, 2.45) is 0 Å². The van der Waals surface area contributed by atoms with Gasteiger partial charge >= 0.3 is 5.97 Å². The van der Waals surface area contributed by atoms with Crippen LogP contribution < -0.4 is 5.32 Å². The van der Waals surface area contributed by atoms with E-state index in [1.54, 1.807) is 6.92 Å². The Hall–Kier alpha value is -2.70. The maximum Gasteiger partial charge on any atom is 0.327 e. The van der Waals surface area contributed by atoms with Gasteiger partial charge in [-0.2, -0.15) is 0 Å².